The van der Waals surface area contributed by atoms with Crippen LogP contribution < -0.4 is 0 Å². The second-order valence-corrected chi connectivity index (χ2v) is 3.37. The molecule has 0 aliphatic carbocycles. The van der Waals surface area contributed by atoms with Crippen LogP contribution in [0.2, 0.25) is 5.02 Å². The van der Waals surface area contributed by atoms with E-state index in [4.69, 9.17) is 16.0 Å². The molecule has 0 unspecified atom stereocenters. The number of pyridine rings is 1. The lowest BCUT2D eigenvalue weighted by Crippen LogP contribution is -1.79. The first-order valence-electron chi connectivity index (χ1n) is 4.13. The molecule has 14 heavy (non-hydrogen) atoms. The molecule has 0 amide bonds. The van der Waals surface area contributed by atoms with Crippen molar-refractivity contribution >= 4 is 33.6 Å². The van der Waals surface area contributed by atoms with Crippen LogP contribution in [0.3, 0.4) is 0 Å². The van der Waals surface area contributed by atoms with E-state index in [1.165, 1.54) is 6.39 Å². The van der Waals surface area contributed by atoms with Crippen molar-refractivity contribution in [3.63, 3.8) is 0 Å². The SMILES string of the molecule is Clc1cc2ncccc2c2ncoc12. The van der Waals surface area contributed by atoms with Gasteiger partial charge in [-0.15, -0.1) is 0 Å². The Labute approximate surface area is 84.3 Å². The predicted molar refractivity (Wildman–Crippen MR) is 54.3 cm³/mol. The second kappa shape index (κ2) is 2.69. The first kappa shape index (κ1) is 7.76. The topological polar surface area (TPSA) is 38.9 Å². The maximum atomic E-state index is 6.00. The zero-order valence-electron chi connectivity index (χ0n) is 7.07. The molecule has 0 N–H and O–H groups in total. The number of aromatic nitrogens is 2. The van der Waals surface area contributed by atoms with Gasteiger partial charge in [-0.05, 0) is 18.2 Å². The molecule has 1 aromatic carbocycles. The van der Waals surface area contributed by atoms with E-state index < -0.39 is 0 Å². The Morgan fingerprint density at radius 3 is 3.14 bits per heavy atom. The van der Waals surface area contributed by atoms with Gasteiger partial charge in [-0.3, -0.25) is 4.98 Å². The molecule has 0 radical (unpaired) electrons. The maximum absolute atomic E-state index is 6.00. The highest BCUT2D eigenvalue weighted by Gasteiger charge is 2.08. The smallest absolute Gasteiger partial charge is 0.182 e. The Morgan fingerprint density at radius 1 is 1.29 bits per heavy atom. The third-order valence-electron chi connectivity index (χ3n) is 2.14. The molecule has 0 aliphatic heterocycles. The molecule has 2 heterocycles. The van der Waals surface area contributed by atoms with Gasteiger partial charge in [0.25, 0.3) is 0 Å². The standard InChI is InChI=1S/C10H5ClN2O/c11-7-4-8-6(2-1-3-12-8)9-10(7)14-5-13-9/h1-5H. The van der Waals surface area contributed by atoms with E-state index in [0.717, 1.165) is 16.4 Å². The zero-order valence-corrected chi connectivity index (χ0v) is 7.82. The molecular formula is C10H5ClN2O. The maximum Gasteiger partial charge on any atom is 0.182 e. The van der Waals surface area contributed by atoms with E-state index in [1.54, 1.807) is 12.3 Å². The summed E-state index contributed by atoms with van der Waals surface area (Å²) in [5.74, 6) is 0. The van der Waals surface area contributed by atoms with Crippen LogP contribution in [-0.4, -0.2) is 9.97 Å². The Kier molecular flexibility index (Phi) is 1.49. The largest absolute Gasteiger partial charge is 0.442 e. The molecular weight excluding hydrogens is 200 g/mol. The Hall–Kier alpha value is -1.61. The van der Waals surface area contributed by atoms with Gasteiger partial charge in [-0.25, -0.2) is 4.98 Å². The van der Waals surface area contributed by atoms with E-state index in [1.807, 2.05) is 12.1 Å². The molecule has 68 valence electrons. The summed E-state index contributed by atoms with van der Waals surface area (Å²) < 4.78 is 5.19. The van der Waals surface area contributed by atoms with Crippen LogP contribution in [0.4, 0.5) is 0 Å². The minimum absolute atomic E-state index is 0.545. The first-order valence-corrected chi connectivity index (χ1v) is 4.50. The lowest BCUT2D eigenvalue weighted by molar-refractivity contribution is 0.602. The molecule has 0 spiro atoms. The van der Waals surface area contributed by atoms with Crippen molar-refractivity contribution < 1.29 is 4.42 Å². The molecule has 0 saturated heterocycles. The summed E-state index contributed by atoms with van der Waals surface area (Å²) in [4.78, 5) is 8.32. The summed E-state index contributed by atoms with van der Waals surface area (Å²) in [6, 6.07) is 5.60. The molecule has 3 nitrogen and oxygen atoms in total. The highest BCUT2D eigenvalue weighted by atomic mass is 35.5. The number of halogens is 1. The second-order valence-electron chi connectivity index (χ2n) is 2.96. The van der Waals surface area contributed by atoms with Crippen LogP contribution in [0.15, 0.2) is 35.2 Å². The van der Waals surface area contributed by atoms with Gasteiger partial charge in [0.15, 0.2) is 12.0 Å². The average molecular weight is 205 g/mol. The van der Waals surface area contributed by atoms with Crippen LogP contribution in [0.25, 0.3) is 22.0 Å². The van der Waals surface area contributed by atoms with Crippen molar-refractivity contribution in [2.75, 3.05) is 0 Å². The summed E-state index contributed by atoms with van der Waals surface area (Å²) in [5, 5.41) is 1.50. The molecule has 0 saturated carbocycles. The quantitative estimate of drug-likeness (QED) is 0.565. The fourth-order valence-electron chi connectivity index (χ4n) is 1.53. The Bertz CT molecular complexity index is 618. The van der Waals surface area contributed by atoms with E-state index in [2.05, 4.69) is 9.97 Å². The molecule has 0 bridgehead atoms. The molecule has 3 aromatic rings. The lowest BCUT2D eigenvalue weighted by Gasteiger charge is -1.97. The monoisotopic (exact) mass is 204 g/mol. The van der Waals surface area contributed by atoms with Crippen LogP contribution in [0, 0.1) is 0 Å². The molecule has 4 heteroatoms. The van der Waals surface area contributed by atoms with Gasteiger partial charge in [0, 0.05) is 11.6 Å². The molecule has 2 aromatic heterocycles. The van der Waals surface area contributed by atoms with Crippen molar-refractivity contribution in [3.8, 4) is 0 Å². The number of hydrogen-bond donors (Lipinski definition) is 0. The van der Waals surface area contributed by atoms with Crippen LogP contribution in [0.5, 0.6) is 0 Å². The van der Waals surface area contributed by atoms with Crippen molar-refractivity contribution in [2.45, 2.75) is 0 Å². The number of benzene rings is 1. The van der Waals surface area contributed by atoms with Crippen LogP contribution in [-0.2, 0) is 0 Å². The minimum atomic E-state index is 0.545. The van der Waals surface area contributed by atoms with Crippen molar-refractivity contribution in [3.05, 3.63) is 35.8 Å². The van der Waals surface area contributed by atoms with Crippen molar-refractivity contribution in [1.29, 1.82) is 0 Å². The van der Waals surface area contributed by atoms with E-state index in [0.29, 0.717) is 10.6 Å². The molecule has 0 aliphatic rings. The van der Waals surface area contributed by atoms with Crippen LogP contribution >= 0.6 is 11.6 Å². The number of hydrogen-bond acceptors (Lipinski definition) is 3. The molecule has 3 rings (SSSR count). The van der Waals surface area contributed by atoms with Crippen molar-refractivity contribution in [2.24, 2.45) is 0 Å². The van der Waals surface area contributed by atoms with E-state index >= 15 is 0 Å². The highest BCUT2D eigenvalue weighted by molar-refractivity contribution is 6.36. The average Bonchev–Trinajstić information content (AvgIpc) is 2.67. The summed E-state index contributed by atoms with van der Waals surface area (Å²) in [6.07, 6.45) is 3.12. The third kappa shape index (κ3) is 0.930. The van der Waals surface area contributed by atoms with Gasteiger partial charge in [-0.2, -0.15) is 0 Å². The van der Waals surface area contributed by atoms with Gasteiger partial charge in [0.05, 0.1) is 10.5 Å². The van der Waals surface area contributed by atoms with Crippen LogP contribution in [0.1, 0.15) is 0 Å². The van der Waals surface area contributed by atoms with Gasteiger partial charge in [0.2, 0.25) is 0 Å². The lowest BCUT2D eigenvalue weighted by atomic mass is 10.2. The summed E-state index contributed by atoms with van der Waals surface area (Å²) in [6.45, 7) is 0. The number of nitrogens with zero attached hydrogens (tertiary/aromatic N) is 2. The number of oxazole rings is 1. The number of fused-ring (bicyclic) bond motifs is 3. The first-order chi connectivity index (χ1) is 6.86. The highest BCUT2D eigenvalue weighted by Crippen LogP contribution is 2.29. The van der Waals surface area contributed by atoms with E-state index in [-0.39, 0.29) is 0 Å². The third-order valence-corrected chi connectivity index (χ3v) is 2.42. The summed E-state index contributed by atoms with van der Waals surface area (Å²) >= 11 is 6.00. The van der Waals surface area contributed by atoms with Gasteiger partial charge in [0.1, 0.15) is 5.52 Å². The Morgan fingerprint density at radius 2 is 2.21 bits per heavy atom. The van der Waals surface area contributed by atoms with Crippen molar-refractivity contribution in [1.82, 2.24) is 9.97 Å². The van der Waals surface area contributed by atoms with E-state index in [9.17, 15) is 0 Å². The normalized spacial score (nSPS) is 11.2. The molecule has 0 atom stereocenters. The fraction of sp³-hybridized carbons (Fsp3) is 0. The summed E-state index contributed by atoms with van der Waals surface area (Å²) in [7, 11) is 0. The fourth-order valence-corrected chi connectivity index (χ4v) is 1.76. The summed E-state index contributed by atoms with van der Waals surface area (Å²) in [5.41, 5.74) is 2.21. The molecule has 0 fully saturated rings. The Balaban J connectivity index is 2.66. The predicted octanol–water partition coefficient (Wildman–Crippen LogP) is 3.03. The zero-order chi connectivity index (χ0) is 9.54. The van der Waals surface area contributed by atoms with Gasteiger partial charge < -0.3 is 4.42 Å². The minimum Gasteiger partial charge on any atom is -0.442 e. The van der Waals surface area contributed by atoms with Gasteiger partial charge >= 0.3 is 0 Å². The van der Waals surface area contributed by atoms with Gasteiger partial charge in [-0.1, -0.05) is 11.6 Å². The number of rotatable bonds is 0.